The van der Waals surface area contributed by atoms with Crippen molar-refractivity contribution in [3.05, 3.63) is 94.4 Å². The number of nitrogens with zero attached hydrogens (tertiary/aromatic N) is 3. The van der Waals surface area contributed by atoms with Crippen molar-refractivity contribution in [1.82, 2.24) is 9.13 Å². The number of para-hydroxylation sites is 4. The predicted molar refractivity (Wildman–Crippen MR) is 130 cm³/mol. The molecule has 0 amide bonds. The fraction of sp³-hybridized carbons (Fsp3) is 0.296. The molecule has 0 N–H and O–H groups in total. The van der Waals surface area contributed by atoms with Crippen molar-refractivity contribution in [1.29, 1.82) is 0 Å². The number of piperidine rings is 1. The highest BCUT2D eigenvalue weighted by molar-refractivity contribution is 5.76. The largest absolute Gasteiger partial charge is 0.495 e. The molecule has 3 aromatic carbocycles. The van der Waals surface area contributed by atoms with E-state index in [-0.39, 0.29) is 23.8 Å². The zero-order chi connectivity index (χ0) is 24.6. The molecule has 0 radical (unpaired) electrons. The van der Waals surface area contributed by atoms with Gasteiger partial charge in [0.25, 0.3) is 0 Å². The minimum absolute atomic E-state index is 0.0440. The highest BCUT2D eigenvalue weighted by Gasteiger charge is 2.33. The van der Waals surface area contributed by atoms with Crippen LogP contribution in [0.1, 0.15) is 30.0 Å². The van der Waals surface area contributed by atoms with Gasteiger partial charge in [-0.2, -0.15) is 13.2 Å². The second-order valence-corrected chi connectivity index (χ2v) is 8.77. The van der Waals surface area contributed by atoms with Gasteiger partial charge in [0.2, 0.25) is 0 Å². The van der Waals surface area contributed by atoms with E-state index in [0.717, 1.165) is 49.0 Å². The van der Waals surface area contributed by atoms with E-state index in [2.05, 4.69) is 4.90 Å². The van der Waals surface area contributed by atoms with E-state index < -0.39 is 11.7 Å². The lowest BCUT2D eigenvalue weighted by Crippen LogP contribution is -2.38. The van der Waals surface area contributed by atoms with Crippen molar-refractivity contribution in [2.75, 3.05) is 25.1 Å². The molecule has 1 fully saturated rings. The van der Waals surface area contributed by atoms with Crippen molar-refractivity contribution in [2.24, 2.45) is 0 Å². The molecule has 35 heavy (non-hydrogen) atoms. The molecule has 0 saturated carbocycles. The number of aromatic nitrogens is 2. The first-order valence-electron chi connectivity index (χ1n) is 11.6. The number of hydrogen-bond donors (Lipinski definition) is 0. The molecular formula is C27H26F3N3O2. The molecule has 1 aliphatic heterocycles. The lowest BCUT2D eigenvalue weighted by atomic mass is 10.0. The number of alkyl halides is 3. The van der Waals surface area contributed by atoms with Gasteiger partial charge in [-0.1, -0.05) is 42.5 Å². The van der Waals surface area contributed by atoms with Crippen molar-refractivity contribution in [3.63, 3.8) is 0 Å². The molecule has 4 aromatic rings. The molecule has 5 rings (SSSR count). The summed E-state index contributed by atoms with van der Waals surface area (Å²) in [5.41, 5.74) is 1.50. The Morgan fingerprint density at radius 3 is 2.23 bits per heavy atom. The Bertz CT molecular complexity index is 1400. The molecule has 8 heteroatoms. The average Bonchev–Trinajstić information content (AvgIpc) is 3.15. The summed E-state index contributed by atoms with van der Waals surface area (Å²) in [5.74, 6) is 0.808. The summed E-state index contributed by atoms with van der Waals surface area (Å²) in [6.45, 7) is 1.35. The maximum Gasteiger partial charge on any atom is 0.416 e. The van der Waals surface area contributed by atoms with Crippen molar-refractivity contribution >= 4 is 16.7 Å². The standard InChI is InChI=1S/C27H26F3N3O2/c1-35-25-13-7-6-12-24(25)31-16-14-20(15-17-31)33-23-11-5-4-10-22(23)32(26(33)34)18-19-8-2-3-9-21(19)27(28,29)30/h2-13,20H,14-18H2,1H3. The van der Waals surface area contributed by atoms with Gasteiger partial charge in [-0.3, -0.25) is 9.13 Å². The molecule has 2 heterocycles. The third-order valence-corrected chi connectivity index (χ3v) is 6.78. The van der Waals surface area contributed by atoms with Crippen LogP contribution in [-0.2, 0) is 12.7 Å². The molecule has 0 unspecified atom stereocenters. The molecule has 0 bridgehead atoms. The normalized spacial score (nSPS) is 15.0. The Morgan fingerprint density at radius 2 is 1.51 bits per heavy atom. The number of fused-ring (bicyclic) bond motifs is 1. The minimum atomic E-state index is -4.48. The van der Waals surface area contributed by atoms with Crippen LogP contribution < -0.4 is 15.3 Å². The number of rotatable bonds is 5. The number of methoxy groups -OCH3 is 1. The van der Waals surface area contributed by atoms with Gasteiger partial charge in [0, 0.05) is 19.1 Å². The van der Waals surface area contributed by atoms with Crippen LogP contribution in [-0.4, -0.2) is 29.3 Å². The number of hydrogen-bond acceptors (Lipinski definition) is 3. The average molecular weight is 482 g/mol. The SMILES string of the molecule is COc1ccccc1N1CCC(n2c(=O)n(Cc3ccccc3C(F)(F)F)c3ccccc32)CC1. The first-order chi connectivity index (χ1) is 16.9. The first-order valence-corrected chi connectivity index (χ1v) is 11.6. The summed E-state index contributed by atoms with van der Waals surface area (Å²) in [6, 6.07) is 20.6. The third-order valence-electron chi connectivity index (χ3n) is 6.78. The van der Waals surface area contributed by atoms with Crippen molar-refractivity contribution in [2.45, 2.75) is 31.6 Å². The van der Waals surface area contributed by atoms with Gasteiger partial charge in [-0.15, -0.1) is 0 Å². The molecule has 1 aromatic heterocycles. The van der Waals surface area contributed by atoms with E-state index in [4.69, 9.17) is 4.74 Å². The van der Waals surface area contributed by atoms with Gasteiger partial charge < -0.3 is 9.64 Å². The monoisotopic (exact) mass is 481 g/mol. The smallest absolute Gasteiger partial charge is 0.416 e. The maximum absolute atomic E-state index is 13.6. The quantitative estimate of drug-likeness (QED) is 0.366. The fourth-order valence-electron chi connectivity index (χ4n) is 5.10. The summed E-state index contributed by atoms with van der Waals surface area (Å²) in [6.07, 6.45) is -3.00. The molecule has 0 atom stereocenters. The number of imidazole rings is 1. The van der Waals surface area contributed by atoms with Gasteiger partial charge in [0.15, 0.2) is 0 Å². The highest BCUT2D eigenvalue weighted by atomic mass is 19.4. The Hall–Kier alpha value is -3.68. The van der Waals surface area contributed by atoms with Crippen LogP contribution in [0.2, 0.25) is 0 Å². The van der Waals surface area contributed by atoms with Crippen LogP contribution in [0.4, 0.5) is 18.9 Å². The maximum atomic E-state index is 13.6. The third kappa shape index (κ3) is 4.29. The number of ether oxygens (including phenoxy) is 1. The van der Waals surface area contributed by atoms with Crippen LogP contribution >= 0.6 is 0 Å². The Morgan fingerprint density at radius 1 is 0.886 bits per heavy atom. The van der Waals surface area contributed by atoms with Gasteiger partial charge in [-0.05, 0) is 48.7 Å². The zero-order valence-electron chi connectivity index (χ0n) is 19.3. The molecular weight excluding hydrogens is 455 g/mol. The molecule has 5 nitrogen and oxygen atoms in total. The van der Waals surface area contributed by atoms with Crippen LogP contribution in [0.5, 0.6) is 5.75 Å². The number of anilines is 1. The Kier molecular flexibility index (Phi) is 6.05. The van der Waals surface area contributed by atoms with E-state index in [1.807, 2.05) is 42.5 Å². The molecule has 0 aliphatic carbocycles. The molecule has 0 spiro atoms. The van der Waals surface area contributed by atoms with Crippen LogP contribution in [0.25, 0.3) is 11.0 Å². The lowest BCUT2D eigenvalue weighted by Gasteiger charge is -2.34. The number of halogens is 3. The van der Waals surface area contributed by atoms with Gasteiger partial charge in [-0.25, -0.2) is 4.79 Å². The summed E-state index contributed by atoms with van der Waals surface area (Å²) >= 11 is 0. The van der Waals surface area contributed by atoms with Crippen LogP contribution in [0, 0.1) is 0 Å². The summed E-state index contributed by atoms with van der Waals surface area (Å²) in [7, 11) is 1.65. The summed E-state index contributed by atoms with van der Waals surface area (Å²) in [4.78, 5) is 15.9. The molecule has 182 valence electrons. The molecule has 1 saturated heterocycles. The second kappa shape index (κ2) is 9.17. The Labute approximate surface area is 201 Å². The van der Waals surface area contributed by atoms with Crippen LogP contribution in [0.3, 0.4) is 0 Å². The van der Waals surface area contributed by atoms with E-state index >= 15 is 0 Å². The first kappa shape index (κ1) is 23.1. The van der Waals surface area contributed by atoms with Crippen molar-refractivity contribution < 1.29 is 17.9 Å². The molecule has 1 aliphatic rings. The predicted octanol–water partition coefficient (Wildman–Crippen LogP) is 5.72. The van der Waals surface area contributed by atoms with Gasteiger partial charge >= 0.3 is 11.9 Å². The summed E-state index contributed by atoms with van der Waals surface area (Å²) < 4.78 is 49.5. The van der Waals surface area contributed by atoms with E-state index in [9.17, 15) is 18.0 Å². The summed E-state index contributed by atoms with van der Waals surface area (Å²) in [5, 5.41) is 0. The Balaban J connectivity index is 1.48. The zero-order valence-corrected chi connectivity index (χ0v) is 19.3. The van der Waals surface area contributed by atoms with Gasteiger partial charge in [0.1, 0.15) is 5.75 Å². The van der Waals surface area contributed by atoms with E-state index in [1.165, 1.54) is 16.7 Å². The van der Waals surface area contributed by atoms with Gasteiger partial charge in [0.05, 0.1) is 35.9 Å². The lowest BCUT2D eigenvalue weighted by molar-refractivity contribution is -0.138. The van der Waals surface area contributed by atoms with E-state index in [1.54, 1.807) is 23.8 Å². The van der Waals surface area contributed by atoms with E-state index in [0.29, 0.717) is 5.52 Å². The second-order valence-electron chi connectivity index (χ2n) is 8.77. The number of benzene rings is 3. The highest BCUT2D eigenvalue weighted by Crippen LogP contribution is 2.35. The minimum Gasteiger partial charge on any atom is -0.495 e. The van der Waals surface area contributed by atoms with Crippen LogP contribution in [0.15, 0.2) is 77.6 Å². The fourth-order valence-corrected chi connectivity index (χ4v) is 5.10. The van der Waals surface area contributed by atoms with Crippen molar-refractivity contribution in [3.8, 4) is 5.75 Å². The topological polar surface area (TPSA) is 39.4 Å².